The number of aliphatic hydroxyl groups excluding tert-OH is 1. The number of unbranched alkanes of at least 4 members (excludes halogenated alkanes) is 1. The Balaban J connectivity index is -0.000000232. The van der Waals surface area contributed by atoms with Gasteiger partial charge in [-0.15, -0.1) is 25.2 Å². The quantitative estimate of drug-likeness (QED) is 0.640. The van der Waals surface area contributed by atoms with Crippen LogP contribution >= 0.6 is 12.4 Å². The molecule has 0 radical (unpaired) electrons. The van der Waals surface area contributed by atoms with Gasteiger partial charge in [0.25, 0.3) is 0 Å². The summed E-state index contributed by atoms with van der Waals surface area (Å²) in [5.74, 6) is 0.560. The fraction of sp³-hybridized carbons (Fsp3) is 0.556. The Kier molecular flexibility index (Phi) is 27.7. The van der Waals surface area contributed by atoms with E-state index in [1.165, 1.54) is 19.3 Å². The molecular weight excluding hydrogens is 359 g/mol. The fourth-order valence-electron chi connectivity index (χ4n) is 1.60. The van der Waals surface area contributed by atoms with E-state index in [9.17, 15) is 0 Å². The maximum absolute atomic E-state index is 8.75. The van der Waals surface area contributed by atoms with Gasteiger partial charge in [0.2, 0.25) is 0 Å². The number of rotatable bonds is 5. The van der Waals surface area contributed by atoms with E-state index in [1.54, 1.807) is 0 Å². The minimum absolute atomic E-state index is 0. The summed E-state index contributed by atoms with van der Waals surface area (Å²) in [7, 11) is 0. The van der Waals surface area contributed by atoms with Crippen molar-refractivity contribution in [1.29, 1.82) is 0 Å². The Morgan fingerprint density at radius 1 is 1.05 bits per heavy atom. The van der Waals surface area contributed by atoms with Crippen molar-refractivity contribution in [2.24, 2.45) is 5.92 Å². The van der Waals surface area contributed by atoms with E-state index in [4.69, 9.17) is 5.11 Å². The average Bonchev–Trinajstić information content (AvgIpc) is 3.18. The molecule has 2 aliphatic carbocycles. The molecule has 0 spiro atoms. The molecule has 2 rings (SSSR count). The van der Waals surface area contributed by atoms with Gasteiger partial charge in [-0.25, -0.2) is 24.3 Å². The summed E-state index contributed by atoms with van der Waals surface area (Å²) in [5.41, 5.74) is 0. The van der Waals surface area contributed by atoms with Crippen molar-refractivity contribution in [2.45, 2.75) is 52.4 Å². The van der Waals surface area contributed by atoms with E-state index in [0.29, 0.717) is 12.5 Å². The van der Waals surface area contributed by atoms with Crippen molar-refractivity contribution in [1.82, 2.24) is 0 Å². The second-order valence-electron chi connectivity index (χ2n) is 4.61. The molecule has 3 heteroatoms. The zero-order valence-electron chi connectivity index (χ0n) is 13.3. The van der Waals surface area contributed by atoms with Gasteiger partial charge in [0, 0.05) is 6.61 Å². The van der Waals surface area contributed by atoms with Crippen molar-refractivity contribution in [3.63, 3.8) is 0 Å². The van der Waals surface area contributed by atoms with Crippen molar-refractivity contribution in [2.75, 3.05) is 6.61 Å². The third kappa shape index (κ3) is 20.1. The van der Waals surface area contributed by atoms with Gasteiger partial charge in [-0.3, -0.25) is 12.2 Å². The zero-order valence-corrected chi connectivity index (χ0v) is 16.6. The van der Waals surface area contributed by atoms with E-state index in [-0.39, 0.29) is 38.6 Å². The summed E-state index contributed by atoms with van der Waals surface area (Å²) in [6.45, 7) is 4.69. The molecule has 0 heterocycles. The molecule has 0 aromatic heterocycles. The second-order valence-corrected chi connectivity index (χ2v) is 4.61. The first-order valence-corrected chi connectivity index (χ1v) is 7.39. The van der Waals surface area contributed by atoms with Crippen LogP contribution in [-0.4, -0.2) is 11.7 Å². The fourth-order valence-corrected chi connectivity index (χ4v) is 1.60. The molecule has 118 valence electrons. The second kappa shape index (κ2) is 22.4. The van der Waals surface area contributed by atoms with Gasteiger partial charge in [0.1, 0.15) is 0 Å². The normalized spacial score (nSPS) is 14.2. The number of hydrogen-bond acceptors (Lipinski definition) is 1. The number of allylic oxidation sites excluding steroid dienone is 8. The van der Waals surface area contributed by atoms with Crippen molar-refractivity contribution >= 4 is 12.4 Å². The molecule has 0 fully saturated rings. The van der Waals surface area contributed by atoms with Crippen LogP contribution in [0.15, 0.2) is 36.5 Å². The molecule has 1 unspecified atom stereocenters. The molecule has 21 heavy (non-hydrogen) atoms. The largest absolute Gasteiger partial charge is 2.00 e. The molecule has 1 nitrogen and oxygen atoms in total. The molecule has 0 aliphatic heterocycles. The van der Waals surface area contributed by atoms with E-state index in [1.807, 2.05) is 24.3 Å². The third-order valence-corrected chi connectivity index (χ3v) is 2.97. The topological polar surface area (TPSA) is 20.2 Å². The minimum atomic E-state index is 0. The van der Waals surface area contributed by atoms with E-state index in [0.717, 1.165) is 19.3 Å². The predicted molar refractivity (Wildman–Crippen MR) is 90.8 cm³/mol. The minimum Gasteiger partial charge on any atom is -0.396 e. The van der Waals surface area contributed by atoms with Gasteiger partial charge < -0.3 is 5.11 Å². The summed E-state index contributed by atoms with van der Waals surface area (Å²) in [6.07, 6.45) is 24.8. The first-order valence-electron chi connectivity index (χ1n) is 7.39. The Morgan fingerprint density at radius 3 is 1.76 bits per heavy atom. The van der Waals surface area contributed by atoms with E-state index < -0.39 is 0 Å². The van der Waals surface area contributed by atoms with Gasteiger partial charge in [-0.2, -0.15) is 12.2 Å². The molecular formula is C18H29ClOZr. The first-order chi connectivity index (χ1) is 9.35. The number of hydrogen-bond donors (Lipinski definition) is 1. The average molecular weight is 388 g/mol. The van der Waals surface area contributed by atoms with Crippen molar-refractivity contribution in [3.05, 3.63) is 48.6 Å². The summed E-state index contributed by atoms with van der Waals surface area (Å²) >= 11 is 0. The van der Waals surface area contributed by atoms with Gasteiger partial charge in [0.15, 0.2) is 0 Å². The van der Waals surface area contributed by atoms with Gasteiger partial charge >= 0.3 is 26.2 Å². The van der Waals surface area contributed by atoms with Gasteiger partial charge in [-0.1, -0.05) is 33.1 Å². The molecule has 2 aliphatic rings. The number of aliphatic hydroxyl groups is 1. The van der Waals surface area contributed by atoms with Crippen LogP contribution < -0.4 is 0 Å². The number of halogens is 1. The van der Waals surface area contributed by atoms with Crippen LogP contribution in [0.5, 0.6) is 0 Å². The molecule has 1 N–H and O–H groups in total. The summed E-state index contributed by atoms with van der Waals surface area (Å²) < 4.78 is 0. The Labute approximate surface area is 156 Å². The van der Waals surface area contributed by atoms with E-state index >= 15 is 0 Å². The van der Waals surface area contributed by atoms with Gasteiger partial charge in [-0.05, 0) is 12.3 Å². The molecule has 0 aromatic rings. The van der Waals surface area contributed by atoms with Crippen LogP contribution in [0.2, 0.25) is 0 Å². The van der Waals surface area contributed by atoms with Crippen LogP contribution in [0, 0.1) is 18.1 Å². The van der Waals surface area contributed by atoms with E-state index in [2.05, 4.69) is 38.2 Å². The monoisotopic (exact) mass is 386 g/mol. The Morgan fingerprint density at radius 2 is 1.57 bits per heavy atom. The first kappa shape index (κ1) is 26.0. The maximum Gasteiger partial charge on any atom is 2.00 e. The Bertz CT molecular complexity index is 250. The van der Waals surface area contributed by atoms with Crippen LogP contribution in [0.25, 0.3) is 0 Å². The van der Waals surface area contributed by atoms with Crippen LogP contribution in [0.1, 0.15) is 52.4 Å². The van der Waals surface area contributed by atoms with Gasteiger partial charge in [0.05, 0.1) is 0 Å². The smallest absolute Gasteiger partial charge is 0.396 e. The maximum atomic E-state index is 8.75. The molecule has 0 saturated carbocycles. The van der Waals surface area contributed by atoms with Crippen LogP contribution in [-0.2, 0) is 26.2 Å². The summed E-state index contributed by atoms with van der Waals surface area (Å²) in [4.78, 5) is 0. The Hall–Kier alpha value is 0.0931. The molecule has 0 aromatic carbocycles. The molecule has 1 atom stereocenters. The zero-order chi connectivity index (χ0) is 14.2. The standard InChI is InChI=1S/C8H18O.2C5H5.ClH.Zr/c1-3-5-6-8(4-2)7-9;2*1-2-4-5-3-1;;/h8-9H,3-7H2,1-2H3;2*1-3H,4H2;1H;/q;2*-1;;+2. The van der Waals surface area contributed by atoms with Crippen molar-refractivity contribution in [3.8, 4) is 0 Å². The predicted octanol–water partition coefficient (Wildman–Crippen LogP) is 5.23. The summed E-state index contributed by atoms with van der Waals surface area (Å²) in [6, 6.07) is 0. The van der Waals surface area contributed by atoms with Crippen molar-refractivity contribution < 1.29 is 31.3 Å². The van der Waals surface area contributed by atoms with Crippen LogP contribution in [0.4, 0.5) is 0 Å². The molecule has 0 saturated heterocycles. The third-order valence-electron chi connectivity index (χ3n) is 2.97. The molecule has 0 bridgehead atoms. The SMILES string of the molecule is CCCCC(CC)CO.Cl.[C-]1=CC=CC1.[C-]1=CC=CC1.[Zr+2]. The van der Waals surface area contributed by atoms with Crippen LogP contribution in [0.3, 0.4) is 0 Å². The summed E-state index contributed by atoms with van der Waals surface area (Å²) in [5, 5.41) is 8.75. The molecule has 0 amide bonds.